The Bertz CT molecular complexity index is 3460. The van der Waals surface area contributed by atoms with Crippen LogP contribution in [0, 0.1) is 54.0 Å². The first-order valence-corrected chi connectivity index (χ1v) is 31.4. The fraction of sp³-hybridized carbons (Fsp3) is 0.554. The van der Waals surface area contributed by atoms with Gasteiger partial charge in [0, 0.05) is 34.9 Å². The fourth-order valence-corrected chi connectivity index (χ4v) is 15.8. The molecule has 0 radical (unpaired) electrons. The maximum atomic E-state index is 13.4. The standard InChI is InChI=1S/C27H37NO2.C26H35NO2.C21H25NO2/c1-18(2)10-8-9-12-27(7)16-21-20-15-23-19(11-13-26(5,6)30-23)14-22(20)28(29)24(21)25(3,4)17-27;1-7-8-9-10-12-26(6)16-20-19-15-22-18(11-13-25(4,5)29-22)14-21(19)27(28)23(20)24(2,3)17-26;1-19(2)11-15-14-10-17-13(7-8-21(5,6)24-17)9-16(14)22(23)18(15)20(3,4)12-19/h11,13-16,18H,8-10,12,17H2,1-7H3;11,13-16H,7-10,12,17H2,1-6H3;7-11H,12H2,1-6H3. The lowest BCUT2D eigenvalue weighted by Gasteiger charge is -2.39. The van der Waals surface area contributed by atoms with Crippen LogP contribution >= 0.6 is 0 Å². The Hall–Kier alpha value is -6.09. The number of fused-ring (bicyclic) bond motifs is 12. The lowest BCUT2D eigenvalue weighted by atomic mass is 9.62. The van der Waals surface area contributed by atoms with Gasteiger partial charge in [0.1, 0.15) is 34.1 Å². The molecule has 0 saturated heterocycles. The number of ether oxygens (including phenoxy) is 3. The van der Waals surface area contributed by atoms with Gasteiger partial charge >= 0.3 is 0 Å². The smallest absolute Gasteiger partial charge is 0.225 e. The molecule has 0 saturated carbocycles. The van der Waals surface area contributed by atoms with E-state index >= 15 is 0 Å². The minimum atomic E-state index is -0.325. The summed E-state index contributed by atoms with van der Waals surface area (Å²) in [6, 6.07) is 12.2. The van der Waals surface area contributed by atoms with Gasteiger partial charge in [-0.15, -0.1) is 0 Å². The quantitative estimate of drug-likeness (QED) is 0.114. The summed E-state index contributed by atoms with van der Waals surface area (Å²) in [6.45, 7) is 41.7. The van der Waals surface area contributed by atoms with Crippen molar-refractivity contribution in [3.8, 4) is 17.2 Å². The van der Waals surface area contributed by atoms with Gasteiger partial charge in [-0.1, -0.05) is 130 Å². The van der Waals surface area contributed by atoms with Crippen molar-refractivity contribution in [2.24, 2.45) is 38.4 Å². The van der Waals surface area contributed by atoms with Crippen molar-refractivity contribution in [2.75, 3.05) is 0 Å². The summed E-state index contributed by atoms with van der Waals surface area (Å²) >= 11 is 0. The third kappa shape index (κ3) is 11.6. The zero-order valence-electron chi connectivity index (χ0n) is 54.0. The highest BCUT2D eigenvalue weighted by atomic mass is 16.5. The topological polar surface area (TPSA) is 106 Å². The summed E-state index contributed by atoms with van der Waals surface area (Å²) in [4.78, 5) is 0. The van der Waals surface area contributed by atoms with Crippen molar-refractivity contribution in [1.82, 2.24) is 0 Å². The van der Waals surface area contributed by atoms with Crippen molar-refractivity contribution in [1.29, 1.82) is 0 Å². The molecule has 3 aromatic rings. The molecule has 6 aliphatic heterocycles. The molecule has 9 aliphatic rings. The lowest BCUT2D eigenvalue weighted by molar-refractivity contribution is -0.361. The minimum absolute atomic E-state index is 0.0702. The number of hydrogen-bond acceptors (Lipinski definition) is 6. The molecular formula is C74H97N3O6. The lowest BCUT2D eigenvalue weighted by Crippen LogP contribution is -2.38. The Labute approximate surface area is 498 Å². The number of hydrogen-bond donors (Lipinski definition) is 0. The highest BCUT2D eigenvalue weighted by Crippen LogP contribution is 2.57. The summed E-state index contributed by atoms with van der Waals surface area (Å²) in [7, 11) is 0. The molecule has 12 rings (SSSR count). The second-order valence-electron chi connectivity index (χ2n) is 31.4. The van der Waals surface area contributed by atoms with E-state index in [2.05, 4.69) is 185 Å². The van der Waals surface area contributed by atoms with Crippen LogP contribution in [0.25, 0.3) is 34.9 Å². The Balaban J connectivity index is 0.000000140. The molecule has 3 aliphatic carbocycles. The Morgan fingerprint density at radius 1 is 0.434 bits per heavy atom. The van der Waals surface area contributed by atoms with Gasteiger partial charge in [0.25, 0.3) is 0 Å². The van der Waals surface area contributed by atoms with E-state index in [4.69, 9.17) is 14.2 Å². The maximum absolute atomic E-state index is 13.4. The molecule has 444 valence electrons. The molecular weight excluding hydrogens is 1030 g/mol. The molecule has 3 aromatic carbocycles. The van der Waals surface area contributed by atoms with Crippen LogP contribution in [0.3, 0.4) is 0 Å². The molecule has 0 N–H and O–H groups in total. The van der Waals surface area contributed by atoms with E-state index in [-0.39, 0.29) is 49.3 Å². The van der Waals surface area contributed by atoms with Crippen molar-refractivity contribution in [3.05, 3.63) is 122 Å². The monoisotopic (exact) mass is 1120 g/mol. The molecule has 83 heavy (non-hydrogen) atoms. The highest BCUT2D eigenvalue weighted by molar-refractivity contribution is 6.29. The summed E-state index contributed by atoms with van der Waals surface area (Å²) in [6.07, 6.45) is 33.7. The van der Waals surface area contributed by atoms with Crippen LogP contribution in [0.1, 0.15) is 242 Å². The second kappa shape index (κ2) is 20.6. The molecule has 0 aromatic heterocycles. The number of allylic oxidation sites excluding steroid dienone is 6. The van der Waals surface area contributed by atoms with Crippen molar-refractivity contribution in [3.63, 3.8) is 0 Å². The average Bonchev–Trinajstić information content (AvgIpc) is 3.19. The van der Waals surface area contributed by atoms with Crippen molar-refractivity contribution >= 4 is 69.1 Å². The summed E-state index contributed by atoms with van der Waals surface area (Å²) < 4.78 is 22.1. The molecule has 9 nitrogen and oxygen atoms in total. The first-order chi connectivity index (χ1) is 38.5. The maximum Gasteiger partial charge on any atom is 0.225 e. The van der Waals surface area contributed by atoms with E-state index in [0.717, 1.165) is 131 Å². The zero-order valence-corrected chi connectivity index (χ0v) is 54.0. The van der Waals surface area contributed by atoms with E-state index < -0.39 is 0 Å². The van der Waals surface area contributed by atoms with Crippen LogP contribution in [0.15, 0.2) is 72.9 Å². The van der Waals surface area contributed by atoms with Gasteiger partial charge in [-0.25, -0.2) is 0 Å². The predicted molar refractivity (Wildman–Crippen MR) is 347 cm³/mol. The zero-order chi connectivity index (χ0) is 60.4. The molecule has 0 bridgehead atoms. The molecule has 6 heterocycles. The van der Waals surface area contributed by atoms with Gasteiger partial charge in [0.2, 0.25) is 34.2 Å². The summed E-state index contributed by atoms with van der Waals surface area (Å²) in [5.74, 6) is 3.37. The Morgan fingerprint density at radius 3 is 1.12 bits per heavy atom. The summed E-state index contributed by atoms with van der Waals surface area (Å²) in [5.41, 5.74) is 13.2. The molecule has 0 spiro atoms. The van der Waals surface area contributed by atoms with E-state index in [0.29, 0.717) is 0 Å². The van der Waals surface area contributed by atoms with Crippen LogP contribution in [0.2, 0.25) is 0 Å². The second-order valence-corrected chi connectivity index (χ2v) is 31.4. The van der Waals surface area contributed by atoms with Crippen LogP contribution in [-0.2, 0) is 0 Å². The summed E-state index contributed by atoms with van der Waals surface area (Å²) in [5, 5.41) is 39.8. The third-order valence-electron chi connectivity index (χ3n) is 18.8. The molecule has 2 atom stereocenters. The fourth-order valence-electron chi connectivity index (χ4n) is 15.8. The van der Waals surface area contributed by atoms with Gasteiger partial charge in [0.15, 0.2) is 0 Å². The Kier molecular flexibility index (Phi) is 14.9. The molecule has 9 heteroatoms. The van der Waals surface area contributed by atoms with E-state index in [1.54, 1.807) is 0 Å². The van der Waals surface area contributed by atoms with Crippen LogP contribution < -0.4 is 14.2 Å². The van der Waals surface area contributed by atoms with Gasteiger partial charge in [-0.2, -0.15) is 14.2 Å². The number of benzene rings is 3. The van der Waals surface area contributed by atoms with Gasteiger partial charge < -0.3 is 29.8 Å². The first-order valence-electron chi connectivity index (χ1n) is 31.4. The average molecular weight is 1120 g/mol. The highest BCUT2D eigenvalue weighted by Gasteiger charge is 2.53. The van der Waals surface area contributed by atoms with Crippen molar-refractivity contribution < 1.29 is 28.4 Å². The van der Waals surface area contributed by atoms with Crippen LogP contribution in [0.4, 0.5) is 17.1 Å². The minimum Gasteiger partial charge on any atom is -0.618 e. The third-order valence-corrected chi connectivity index (χ3v) is 18.8. The first kappa shape index (κ1) is 60.0. The van der Waals surface area contributed by atoms with E-state index in [9.17, 15) is 15.6 Å². The van der Waals surface area contributed by atoms with Gasteiger partial charge in [0.05, 0.1) is 49.7 Å². The largest absolute Gasteiger partial charge is 0.618 e. The number of unbranched alkanes of at least 4 members (excludes halogenated alkanes) is 4. The van der Waals surface area contributed by atoms with Gasteiger partial charge in [-0.05, 0) is 174 Å². The van der Waals surface area contributed by atoms with Crippen molar-refractivity contribution in [2.45, 2.75) is 225 Å². The Morgan fingerprint density at radius 2 is 0.771 bits per heavy atom. The van der Waals surface area contributed by atoms with Crippen LogP contribution in [0.5, 0.6) is 17.2 Å². The predicted octanol–water partition coefficient (Wildman–Crippen LogP) is 20.1. The molecule has 0 fully saturated rings. The van der Waals surface area contributed by atoms with Crippen LogP contribution in [-0.4, -0.2) is 48.2 Å². The normalized spacial score (nSPS) is 25.4. The van der Waals surface area contributed by atoms with E-state index in [1.807, 2.05) is 38.1 Å². The van der Waals surface area contributed by atoms with E-state index in [1.165, 1.54) is 67.3 Å². The molecule has 2 unspecified atom stereocenters. The number of nitrogens with zero attached hydrogens (tertiary/aromatic N) is 3. The SMILES string of the molecule is CC(C)CCCCC1(C)C=C2C(=[N+]([O-])c3cc4c(cc32)OC(C)(C)C=C4)C(C)(C)C1.CC1(C)C=C2C(=[N+]([O-])c3cc4c(cc32)OC(C)(C)C=C4)C(C)(C)C1.CCCCCCC1(C)C=C2C(=[N+]([O-])c3cc4c(cc32)OC(C)(C)C=C4)C(C)(C)C1. The molecule has 0 amide bonds. The number of rotatable bonds is 10. The van der Waals surface area contributed by atoms with Gasteiger partial charge in [-0.3, -0.25) is 0 Å².